The van der Waals surface area contributed by atoms with Gasteiger partial charge >= 0.3 is 0 Å². The molecule has 1 unspecified atom stereocenters. The van der Waals surface area contributed by atoms with Crippen molar-refractivity contribution in [1.29, 1.82) is 0 Å². The lowest BCUT2D eigenvalue weighted by Gasteiger charge is -2.36. The molecular weight excluding hydrogens is 314 g/mol. The zero-order valence-corrected chi connectivity index (χ0v) is 14.7. The minimum absolute atomic E-state index is 0.138. The van der Waals surface area contributed by atoms with E-state index in [0.717, 1.165) is 58.2 Å². The minimum Gasteiger partial charge on any atom is -0.341 e. The van der Waals surface area contributed by atoms with Crippen LogP contribution in [0.2, 0.25) is 0 Å². The first-order valence-electron chi connectivity index (χ1n) is 9.07. The predicted molar refractivity (Wildman–Crippen MR) is 89.5 cm³/mol. The quantitative estimate of drug-likeness (QED) is 0.823. The van der Waals surface area contributed by atoms with Gasteiger partial charge in [-0.15, -0.1) is 0 Å². The van der Waals surface area contributed by atoms with Crippen molar-refractivity contribution in [1.82, 2.24) is 14.5 Å². The van der Waals surface area contributed by atoms with Gasteiger partial charge in [0, 0.05) is 38.6 Å². The number of piperidine rings is 1. The number of hydrogen-bond donors (Lipinski definition) is 1. The maximum absolute atomic E-state index is 12.9. The first kappa shape index (κ1) is 17.2. The summed E-state index contributed by atoms with van der Waals surface area (Å²) in [5, 5.41) is 2.83. The first-order chi connectivity index (χ1) is 11.1. The Morgan fingerprint density at radius 2 is 1.70 bits per heavy atom. The highest BCUT2D eigenvalue weighted by Crippen LogP contribution is 2.29. The van der Waals surface area contributed by atoms with E-state index in [-0.39, 0.29) is 11.8 Å². The van der Waals surface area contributed by atoms with E-state index in [1.165, 1.54) is 0 Å². The molecule has 0 aromatic carbocycles. The van der Waals surface area contributed by atoms with Gasteiger partial charge in [0.1, 0.15) is 0 Å². The molecule has 0 aromatic rings. The molecule has 2 heterocycles. The van der Waals surface area contributed by atoms with Gasteiger partial charge in [0.25, 0.3) is 0 Å². The van der Waals surface area contributed by atoms with Crippen LogP contribution in [0.5, 0.6) is 0 Å². The predicted octanol–water partition coefficient (Wildman–Crippen LogP) is 0.793. The minimum atomic E-state index is -3.30. The summed E-state index contributed by atoms with van der Waals surface area (Å²) in [6.07, 6.45) is 6.56. The van der Waals surface area contributed by atoms with E-state index in [0.29, 0.717) is 26.1 Å². The van der Waals surface area contributed by atoms with Crippen LogP contribution in [-0.2, 0) is 14.8 Å². The summed E-state index contributed by atoms with van der Waals surface area (Å²) in [6.45, 7) is 3.86. The van der Waals surface area contributed by atoms with E-state index in [9.17, 15) is 13.2 Å². The Morgan fingerprint density at radius 3 is 2.48 bits per heavy atom. The highest BCUT2D eigenvalue weighted by Gasteiger charge is 2.38. The third-order valence-corrected chi connectivity index (χ3v) is 7.79. The molecule has 132 valence electrons. The molecule has 1 aliphatic carbocycles. The summed E-state index contributed by atoms with van der Waals surface area (Å²) in [7, 11) is -3.30. The fraction of sp³-hybridized carbons (Fsp3) is 0.938. The monoisotopic (exact) mass is 343 g/mol. The Labute approximate surface area is 139 Å². The van der Waals surface area contributed by atoms with Gasteiger partial charge < -0.3 is 10.2 Å². The fourth-order valence-electron chi connectivity index (χ4n) is 4.10. The van der Waals surface area contributed by atoms with Gasteiger partial charge in [0.15, 0.2) is 0 Å². The third kappa shape index (κ3) is 3.88. The molecule has 3 fully saturated rings. The zero-order valence-electron chi connectivity index (χ0n) is 13.9. The molecule has 6 nitrogen and oxygen atoms in total. The summed E-state index contributed by atoms with van der Waals surface area (Å²) in [5.41, 5.74) is 0. The molecule has 3 aliphatic rings. The Kier molecular flexibility index (Phi) is 5.59. The Balaban J connectivity index is 1.65. The molecular formula is C16H29N3O3S. The molecule has 2 saturated heterocycles. The highest BCUT2D eigenvalue weighted by molar-refractivity contribution is 7.89. The van der Waals surface area contributed by atoms with E-state index in [2.05, 4.69) is 5.32 Å². The maximum Gasteiger partial charge on any atom is 0.225 e. The van der Waals surface area contributed by atoms with Crippen LogP contribution in [0.3, 0.4) is 0 Å². The average Bonchev–Trinajstić information content (AvgIpc) is 2.96. The number of sulfonamides is 1. The van der Waals surface area contributed by atoms with Crippen LogP contribution >= 0.6 is 0 Å². The van der Waals surface area contributed by atoms with Crippen molar-refractivity contribution in [3.05, 3.63) is 0 Å². The SMILES string of the molecule is O=C(C1CCCC1)N1CCCC(S(=O)(=O)N2CCCNCC2)C1. The molecule has 0 aromatic heterocycles. The molecule has 1 N–H and O–H groups in total. The van der Waals surface area contributed by atoms with E-state index < -0.39 is 15.3 Å². The normalized spacial score (nSPS) is 28.7. The number of nitrogens with one attached hydrogen (secondary N) is 1. The molecule has 0 spiro atoms. The number of likely N-dealkylation sites (tertiary alicyclic amines) is 1. The van der Waals surface area contributed by atoms with Crippen LogP contribution in [0, 0.1) is 5.92 Å². The maximum atomic E-state index is 12.9. The molecule has 0 bridgehead atoms. The van der Waals surface area contributed by atoms with Crippen molar-refractivity contribution >= 4 is 15.9 Å². The number of carbonyl (C=O) groups excluding carboxylic acids is 1. The highest BCUT2D eigenvalue weighted by atomic mass is 32.2. The second-order valence-electron chi connectivity index (χ2n) is 7.08. The number of amides is 1. The van der Waals surface area contributed by atoms with E-state index in [4.69, 9.17) is 0 Å². The number of rotatable bonds is 3. The Morgan fingerprint density at radius 1 is 0.913 bits per heavy atom. The fourth-order valence-corrected chi connectivity index (χ4v) is 6.08. The number of nitrogens with zero attached hydrogens (tertiary/aromatic N) is 2. The van der Waals surface area contributed by atoms with Crippen molar-refractivity contribution in [2.45, 2.75) is 50.2 Å². The lowest BCUT2D eigenvalue weighted by atomic mass is 10.0. The summed E-state index contributed by atoms with van der Waals surface area (Å²) >= 11 is 0. The second-order valence-corrected chi connectivity index (χ2v) is 9.29. The molecule has 3 rings (SSSR count). The lowest BCUT2D eigenvalue weighted by Crippen LogP contribution is -2.51. The number of hydrogen-bond acceptors (Lipinski definition) is 4. The van der Waals surface area contributed by atoms with Crippen LogP contribution in [0.15, 0.2) is 0 Å². The first-order valence-corrected chi connectivity index (χ1v) is 10.6. The van der Waals surface area contributed by atoms with Crippen molar-refractivity contribution in [3.63, 3.8) is 0 Å². The van der Waals surface area contributed by atoms with Crippen LogP contribution in [0.25, 0.3) is 0 Å². The van der Waals surface area contributed by atoms with Crippen LogP contribution < -0.4 is 5.32 Å². The van der Waals surface area contributed by atoms with Gasteiger partial charge in [-0.2, -0.15) is 0 Å². The van der Waals surface area contributed by atoms with E-state index in [1.54, 1.807) is 4.31 Å². The standard InChI is InChI=1S/C16H29N3O3S/c20-16(14-5-1-2-6-14)18-10-3-7-15(13-18)23(21,22)19-11-4-8-17-9-12-19/h14-15,17H,1-13H2. The van der Waals surface area contributed by atoms with Crippen LogP contribution in [0.4, 0.5) is 0 Å². The molecule has 1 saturated carbocycles. The van der Waals surface area contributed by atoms with Crippen LogP contribution in [0.1, 0.15) is 44.9 Å². The van der Waals surface area contributed by atoms with Crippen molar-refractivity contribution in [3.8, 4) is 0 Å². The Bertz CT molecular complexity index is 509. The summed E-state index contributed by atoms with van der Waals surface area (Å²) in [5.74, 6) is 0.332. The molecule has 1 atom stereocenters. The summed E-state index contributed by atoms with van der Waals surface area (Å²) in [6, 6.07) is 0. The average molecular weight is 343 g/mol. The zero-order chi connectivity index (χ0) is 16.3. The third-order valence-electron chi connectivity index (χ3n) is 5.47. The van der Waals surface area contributed by atoms with Crippen LogP contribution in [-0.4, -0.2) is 68.0 Å². The van der Waals surface area contributed by atoms with Gasteiger partial charge in [-0.3, -0.25) is 4.79 Å². The Hall–Kier alpha value is -0.660. The largest absolute Gasteiger partial charge is 0.341 e. The summed E-state index contributed by atoms with van der Waals surface area (Å²) < 4.78 is 27.5. The van der Waals surface area contributed by atoms with Crippen molar-refractivity contribution < 1.29 is 13.2 Å². The summed E-state index contributed by atoms with van der Waals surface area (Å²) in [4.78, 5) is 14.4. The second kappa shape index (κ2) is 7.49. The van der Waals surface area contributed by atoms with Gasteiger partial charge in [-0.1, -0.05) is 12.8 Å². The molecule has 7 heteroatoms. The van der Waals surface area contributed by atoms with Gasteiger partial charge in [0.2, 0.25) is 15.9 Å². The van der Waals surface area contributed by atoms with E-state index in [1.807, 2.05) is 4.90 Å². The van der Waals surface area contributed by atoms with Gasteiger partial charge in [-0.05, 0) is 38.6 Å². The van der Waals surface area contributed by atoms with Gasteiger partial charge in [0.05, 0.1) is 5.25 Å². The van der Waals surface area contributed by atoms with Crippen molar-refractivity contribution in [2.24, 2.45) is 5.92 Å². The molecule has 0 radical (unpaired) electrons. The smallest absolute Gasteiger partial charge is 0.225 e. The lowest BCUT2D eigenvalue weighted by molar-refractivity contribution is -0.136. The van der Waals surface area contributed by atoms with E-state index >= 15 is 0 Å². The molecule has 23 heavy (non-hydrogen) atoms. The topological polar surface area (TPSA) is 69.7 Å². The molecule has 1 amide bonds. The van der Waals surface area contributed by atoms with Gasteiger partial charge in [-0.25, -0.2) is 12.7 Å². The number of carbonyl (C=O) groups is 1. The molecule has 2 aliphatic heterocycles. The van der Waals surface area contributed by atoms with Crippen molar-refractivity contribution in [2.75, 3.05) is 39.3 Å².